The zero-order valence-corrected chi connectivity index (χ0v) is 6.26. The van der Waals surface area contributed by atoms with E-state index < -0.39 is 0 Å². The van der Waals surface area contributed by atoms with Crippen LogP contribution in [0.25, 0.3) is 0 Å². The van der Waals surface area contributed by atoms with Crippen LogP contribution in [0.3, 0.4) is 0 Å². The monoisotopic (exact) mass is 129 g/mol. The minimum atomic E-state index is 0.285. The first kappa shape index (κ1) is 8.47. The molecule has 0 spiro atoms. The van der Waals surface area contributed by atoms with Crippen LogP contribution >= 0.6 is 0 Å². The van der Waals surface area contributed by atoms with Crippen LogP contribution in [0.5, 0.6) is 0 Å². The molecule has 0 aliphatic carbocycles. The minimum Gasteiger partial charge on any atom is -0.393 e. The third-order valence-electron chi connectivity index (χ3n) is 1.29. The summed E-state index contributed by atoms with van der Waals surface area (Å²) in [6.07, 6.45) is 3.53. The van der Waals surface area contributed by atoms with E-state index in [4.69, 9.17) is 4.84 Å². The fraction of sp³-hybridized carbons (Fsp3) is 0.857. The van der Waals surface area contributed by atoms with Gasteiger partial charge in [-0.15, -0.1) is 5.16 Å². The molecule has 0 aliphatic rings. The summed E-state index contributed by atoms with van der Waals surface area (Å²) in [6.45, 7) is 7.48. The van der Waals surface area contributed by atoms with Gasteiger partial charge >= 0.3 is 0 Å². The quantitative estimate of drug-likeness (QED) is 0.412. The molecular formula is C7H15NO. The Kier molecular flexibility index (Phi) is 5.27. The van der Waals surface area contributed by atoms with Gasteiger partial charge in [-0.05, 0) is 12.8 Å². The van der Waals surface area contributed by atoms with E-state index in [0.717, 1.165) is 19.3 Å². The highest BCUT2D eigenvalue weighted by Gasteiger charge is 2.02. The fourth-order valence-electron chi connectivity index (χ4n) is 0.759. The summed E-state index contributed by atoms with van der Waals surface area (Å²) in [7, 11) is 0. The van der Waals surface area contributed by atoms with E-state index in [0.29, 0.717) is 0 Å². The molecule has 0 aromatic carbocycles. The molecule has 0 N–H and O–H groups in total. The van der Waals surface area contributed by atoms with Crippen molar-refractivity contribution in [3.8, 4) is 0 Å². The second-order valence-electron chi connectivity index (χ2n) is 2.05. The number of nitrogens with zero attached hydrogens (tertiary/aromatic N) is 1. The van der Waals surface area contributed by atoms with Crippen LogP contribution in [-0.2, 0) is 4.84 Å². The highest BCUT2D eigenvalue weighted by Crippen LogP contribution is 2.05. The van der Waals surface area contributed by atoms with Crippen LogP contribution in [0, 0.1) is 0 Å². The number of hydrogen-bond acceptors (Lipinski definition) is 2. The number of rotatable bonds is 5. The lowest BCUT2D eigenvalue weighted by atomic mass is 10.2. The molecule has 9 heavy (non-hydrogen) atoms. The summed E-state index contributed by atoms with van der Waals surface area (Å²) in [5.41, 5.74) is 0. The second-order valence-corrected chi connectivity index (χ2v) is 2.05. The Morgan fingerprint density at radius 2 is 2.22 bits per heavy atom. The van der Waals surface area contributed by atoms with E-state index in [2.05, 4.69) is 25.7 Å². The van der Waals surface area contributed by atoms with E-state index in [-0.39, 0.29) is 6.10 Å². The summed E-state index contributed by atoms with van der Waals surface area (Å²) >= 11 is 0. The van der Waals surface area contributed by atoms with Crippen molar-refractivity contribution in [3.05, 3.63) is 0 Å². The van der Waals surface area contributed by atoms with Crippen molar-refractivity contribution in [2.75, 3.05) is 0 Å². The van der Waals surface area contributed by atoms with Crippen molar-refractivity contribution in [1.82, 2.24) is 0 Å². The second kappa shape index (κ2) is 5.60. The van der Waals surface area contributed by atoms with Gasteiger partial charge in [0.2, 0.25) is 0 Å². The standard InChI is InChI=1S/C7H15NO/c1-4-6-7(5-2)9-8-3/h7H,3-6H2,1-2H3. The molecule has 0 fully saturated rings. The average Bonchev–Trinajstić information content (AvgIpc) is 1.88. The summed E-state index contributed by atoms with van der Waals surface area (Å²) < 4.78 is 0. The summed E-state index contributed by atoms with van der Waals surface area (Å²) in [6, 6.07) is 0. The van der Waals surface area contributed by atoms with Crippen LogP contribution in [-0.4, -0.2) is 12.8 Å². The van der Waals surface area contributed by atoms with Crippen LogP contribution in [0.2, 0.25) is 0 Å². The van der Waals surface area contributed by atoms with E-state index in [1.807, 2.05) is 0 Å². The van der Waals surface area contributed by atoms with Gasteiger partial charge in [0.1, 0.15) is 6.10 Å². The lowest BCUT2D eigenvalue weighted by Crippen LogP contribution is -2.06. The van der Waals surface area contributed by atoms with Gasteiger partial charge < -0.3 is 4.84 Å². The normalized spacial score (nSPS) is 12.7. The molecule has 54 valence electrons. The smallest absolute Gasteiger partial charge is 0.127 e. The Bertz CT molecular complexity index is 73.3. The maximum absolute atomic E-state index is 4.95. The highest BCUT2D eigenvalue weighted by molar-refractivity contribution is 5.21. The van der Waals surface area contributed by atoms with Crippen LogP contribution in [0.1, 0.15) is 33.1 Å². The van der Waals surface area contributed by atoms with Crippen LogP contribution < -0.4 is 0 Å². The van der Waals surface area contributed by atoms with Gasteiger partial charge in [0, 0.05) is 6.72 Å². The molecule has 0 aromatic rings. The number of oxime groups is 1. The molecule has 0 saturated carbocycles. The molecule has 2 heteroatoms. The molecule has 0 rings (SSSR count). The molecule has 2 nitrogen and oxygen atoms in total. The van der Waals surface area contributed by atoms with Crippen molar-refractivity contribution < 1.29 is 4.84 Å². The van der Waals surface area contributed by atoms with Gasteiger partial charge in [-0.3, -0.25) is 0 Å². The highest BCUT2D eigenvalue weighted by atomic mass is 16.6. The van der Waals surface area contributed by atoms with Crippen LogP contribution in [0.15, 0.2) is 5.16 Å². The van der Waals surface area contributed by atoms with Gasteiger partial charge in [0.25, 0.3) is 0 Å². The van der Waals surface area contributed by atoms with E-state index in [1.165, 1.54) is 0 Å². The third kappa shape index (κ3) is 4.01. The summed E-state index contributed by atoms with van der Waals surface area (Å²) in [5.74, 6) is 0. The van der Waals surface area contributed by atoms with Crippen molar-refractivity contribution >= 4 is 6.72 Å². The topological polar surface area (TPSA) is 21.6 Å². The molecule has 1 unspecified atom stereocenters. The lowest BCUT2D eigenvalue weighted by Gasteiger charge is -2.09. The molecule has 0 aliphatic heterocycles. The predicted molar refractivity (Wildman–Crippen MR) is 39.6 cm³/mol. The first-order chi connectivity index (χ1) is 4.35. The first-order valence-corrected chi connectivity index (χ1v) is 3.47. The maximum atomic E-state index is 4.95. The Labute approximate surface area is 56.9 Å². The van der Waals surface area contributed by atoms with Crippen molar-refractivity contribution in [2.24, 2.45) is 5.16 Å². The van der Waals surface area contributed by atoms with Gasteiger partial charge in [0.15, 0.2) is 0 Å². The van der Waals surface area contributed by atoms with Crippen molar-refractivity contribution in [3.63, 3.8) is 0 Å². The lowest BCUT2D eigenvalue weighted by molar-refractivity contribution is 0.0517. The first-order valence-electron chi connectivity index (χ1n) is 3.47. The minimum absolute atomic E-state index is 0.285. The molecule has 0 aromatic heterocycles. The molecular weight excluding hydrogens is 114 g/mol. The van der Waals surface area contributed by atoms with E-state index >= 15 is 0 Å². The molecule has 0 amide bonds. The molecule has 1 atom stereocenters. The maximum Gasteiger partial charge on any atom is 0.127 e. The number of hydrogen-bond donors (Lipinski definition) is 0. The summed E-state index contributed by atoms with van der Waals surface area (Å²) in [4.78, 5) is 4.95. The molecule has 0 saturated heterocycles. The molecule has 0 heterocycles. The van der Waals surface area contributed by atoms with Gasteiger partial charge in [-0.2, -0.15) is 0 Å². The Morgan fingerprint density at radius 1 is 1.56 bits per heavy atom. The van der Waals surface area contributed by atoms with Gasteiger partial charge in [-0.1, -0.05) is 20.3 Å². The largest absolute Gasteiger partial charge is 0.393 e. The SMILES string of the molecule is C=NOC(CC)CCC. The molecule has 0 radical (unpaired) electrons. The fourth-order valence-corrected chi connectivity index (χ4v) is 0.759. The van der Waals surface area contributed by atoms with Crippen molar-refractivity contribution in [2.45, 2.75) is 39.2 Å². The third-order valence-corrected chi connectivity index (χ3v) is 1.29. The molecule has 0 bridgehead atoms. The Morgan fingerprint density at radius 3 is 2.56 bits per heavy atom. The Balaban J connectivity index is 3.28. The zero-order chi connectivity index (χ0) is 7.11. The van der Waals surface area contributed by atoms with Gasteiger partial charge in [0.05, 0.1) is 0 Å². The zero-order valence-electron chi connectivity index (χ0n) is 6.26. The van der Waals surface area contributed by atoms with Gasteiger partial charge in [-0.25, -0.2) is 0 Å². The van der Waals surface area contributed by atoms with Crippen molar-refractivity contribution in [1.29, 1.82) is 0 Å². The Hall–Kier alpha value is -0.530. The summed E-state index contributed by atoms with van der Waals surface area (Å²) in [5, 5.41) is 3.38. The average molecular weight is 129 g/mol. The van der Waals surface area contributed by atoms with E-state index in [1.54, 1.807) is 0 Å². The predicted octanol–water partition coefficient (Wildman–Crippen LogP) is 2.20. The van der Waals surface area contributed by atoms with E-state index in [9.17, 15) is 0 Å². The van der Waals surface area contributed by atoms with Crippen LogP contribution in [0.4, 0.5) is 0 Å².